The second-order valence-electron chi connectivity index (χ2n) is 8.27. The summed E-state index contributed by atoms with van der Waals surface area (Å²) >= 11 is 0. The van der Waals surface area contributed by atoms with E-state index in [2.05, 4.69) is 31.2 Å². The highest BCUT2D eigenvalue weighted by molar-refractivity contribution is 7.89. The number of allylic oxidation sites excluding steroid dienone is 1. The van der Waals surface area contributed by atoms with Gasteiger partial charge in [-0.25, -0.2) is 8.42 Å². The van der Waals surface area contributed by atoms with Gasteiger partial charge in [0.25, 0.3) is 0 Å². The van der Waals surface area contributed by atoms with E-state index in [1.165, 1.54) is 5.57 Å². The molecule has 0 N–H and O–H groups in total. The van der Waals surface area contributed by atoms with Crippen molar-refractivity contribution in [3.8, 4) is 0 Å². The molecule has 3 aromatic rings. The molecule has 30 heavy (non-hydrogen) atoms. The molecule has 5 rings (SSSR count). The Bertz CT molecular complexity index is 1240. The summed E-state index contributed by atoms with van der Waals surface area (Å²) in [5.74, 6) is 0. The number of hydrogen-bond acceptors (Lipinski definition) is 2. The molecule has 1 spiro atoms. The third-order valence-corrected chi connectivity index (χ3v) is 8.50. The number of sulfonamides is 1. The number of benzene rings is 3. The van der Waals surface area contributed by atoms with Crippen molar-refractivity contribution in [3.05, 3.63) is 101 Å². The predicted molar refractivity (Wildman–Crippen MR) is 121 cm³/mol. The molecule has 1 saturated heterocycles. The number of nitrogens with zero attached hydrogens (tertiary/aromatic N) is 1. The van der Waals surface area contributed by atoms with E-state index in [4.69, 9.17) is 0 Å². The Morgan fingerprint density at radius 1 is 0.833 bits per heavy atom. The Hall–Kier alpha value is -2.69. The molecule has 0 aromatic heterocycles. The fraction of sp³-hybridized carbons (Fsp3) is 0.231. The van der Waals surface area contributed by atoms with Crippen molar-refractivity contribution in [2.24, 2.45) is 0 Å². The van der Waals surface area contributed by atoms with Crippen LogP contribution in [0.3, 0.4) is 0 Å². The molecule has 0 unspecified atom stereocenters. The minimum absolute atomic E-state index is 0.365. The molecule has 1 fully saturated rings. The van der Waals surface area contributed by atoms with Crippen LogP contribution in [0.1, 0.15) is 42.0 Å². The lowest BCUT2D eigenvalue weighted by Crippen LogP contribution is -2.44. The summed E-state index contributed by atoms with van der Waals surface area (Å²) in [6.07, 6.45) is 1.62. The van der Waals surface area contributed by atoms with E-state index < -0.39 is 15.6 Å². The number of aryl methyl sites for hydroxylation is 1. The molecule has 152 valence electrons. The second kappa shape index (κ2) is 6.93. The van der Waals surface area contributed by atoms with Gasteiger partial charge in [-0.05, 0) is 66.7 Å². The van der Waals surface area contributed by atoms with Gasteiger partial charge in [-0.2, -0.15) is 4.31 Å². The zero-order chi connectivity index (χ0) is 20.9. The molecule has 0 radical (unpaired) electrons. The van der Waals surface area contributed by atoms with Gasteiger partial charge in [-0.3, -0.25) is 0 Å². The second-order valence-corrected chi connectivity index (χ2v) is 10.1. The third-order valence-electron chi connectivity index (χ3n) is 6.56. The van der Waals surface area contributed by atoms with E-state index >= 15 is 0 Å². The van der Waals surface area contributed by atoms with E-state index in [0.29, 0.717) is 11.4 Å². The summed E-state index contributed by atoms with van der Waals surface area (Å²) in [6, 6.07) is 25.8. The summed E-state index contributed by atoms with van der Waals surface area (Å²) in [5, 5.41) is 0. The highest BCUT2D eigenvalue weighted by Gasteiger charge is 2.55. The fourth-order valence-electron chi connectivity index (χ4n) is 5.29. The van der Waals surface area contributed by atoms with Gasteiger partial charge in [0.1, 0.15) is 0 Å². The molecule has 0 saturated carbocycles. The van der Waals surface area contributed by atoms with Crippen molar-refractivity contribution in [2.75, 3.05) is 6.54 Å². The Balaban J connectivity index is 1.77. The summed E-state index contributed by atoms with van der Waals surface area (Å²) in [7, 11) is -3.66. The van der Waals surface area contributed by atoms with Crippen LogP contribution in [0.5, 0.6) is 0 Å². The molecule has 2 aliphatic rings. The quantitative estimate of drug-likeness (QED) is 0.557. The van der Waals surface area contributed by atoms with Crippen LogP contribution in [-0.2, 0) is 15.6 Å². The summed E-state index contributed by atoms with van der Waals surface area (Å²) in [6.45, 7) is 4.62. The first-order chi connectivity index (χ1) is 14.5. The van der Waals surface area contributed by atoms with Gasteiger partial charge in [0.15, 0.2) is 0 Å². The molecule has 0 amide bonds. The Morgan fingerprint density at radius 2 is 1.50 bits per heavy atom. The van der Waals surface area contributed by atoms with Crippen molar-refractivity contribution in [1.82, 2.24) is 4.31 Å². The smallest absolute Gasteiger partial charge is 0.207 e. The molecule has 3 aromatic carbocycles. The largest absolute Gasteiger partial charge is 0.244 e. The van der Waals surface area contributed by atoms with E-state index in [-0.39, 0.29) is 0 Å². The third kappa shape index (κ3) is 2.64. The van der Waals surface area contributed by atoms with E-state index in [1.807, 2.05) is 49.4 Å². The Morgan fingerprint density at radius 3 is 2.23 bits per heavy atom. The van der Waals surface area contributed by atoms with E-state index in [0.717, 1.165) is 40.7 Å². The normalized spacial score (nSPS) is 21.4. The van der Waals surface area contributed by atoms with Gasteiger partial charge in [0.05, 0.1) is 10.4 Å². The van der Waals surface area contributed by atoms with Gasteiger partial charge < -0.3 is 0 Å². The fourth-order valence-corrected chi connectivity index (χ4v) is 7.08. The standard InChI is InChI=1S/C26H25NO2S/c1-19-13-15-22(16-14-19)30(28,29)27-18-8-17-26(27)24-12-7-6-11-23(24)20(2)25(26)21-9-4-3-5-10-21/h3-7,9-16H,8,17-18H2,1-2H3/t26-/m1/s1. The summed E-state index contributed by atoms with van der Waals surface area (Å²) in [4.78, 5) is 0.365. The van der Waals surface area contributed by atoms with Gasteiger partial charge in [0, 0.05) is 6.54 Å². The molecule has 1 aliphatic heterocycles. The molecule has 1 atom stereocenters. The first-order valence-electron chi connectivity index (χ1n) is 10.4. The number of hydrogen-bond donors (Lipinski definition) is 0. The van der Waals surface area contributed by atoms with Crippen LogP contribution in [0.15, 0.2) is 83.8 Å². The van der Waals surface area contributed by atoms with Crippen LogP contribution >= 0.6 is 0 Å². The molecule has 4 heteroatoms. The summed E-state index contributed by atoms with van der Waals surface area (Å²) < 4.78 is 29.6. The van der Waals surface area contributed by atoms with Crippen LogP contribution in [-0.4, -0.2) is 19.3 Å². The topological polar surface area (TPSA) is 37.4 Å². The maximum absolute atomic E-state index is 13.9. The van der Waals surface area contributed by atoms with Crippen LogP contribution in [0.4, 0.5) is 0 Å². The van der Waals surface area contributed by atoms with Crippen molar-refractivity contribution in [3.63, 3.8) is 0 Å². The maximum Gasteiger partial charge on any atom is 0.244 e. The molecule has 1 heterocycles. The predicted octanol–water partition coefficient (Wildman–Crippen LogP) is 5.62. The zero-order valence-electron chi connectivity index (χ0n) is 17.3. The lowest BCUT2D eigenvalue weighted by molar-refractivity contribution is 0.324. The van der Waals surface area contributed by atoms with Crippen molar-refractivity contribution in [1.29, 1.82) is 0 Å². The molecule has 3 nitrogen and oxygen atoms in total. The SMILES string of the molecule is CC1=C(c2ccccc2)[C@@]2(CCCN2S(=O)(=O)c2ccc(C)cc2)c2ccccc21. The van der Waals surface area contributed by atoms with E-state index in [9.17, 15) is 8.42 Å². The lowest BCUT2D eigenvalue weighted by atomic mass is 9.81. The van der Waals surface area contributed by atoms with Crippen molar-refractivity contribution < 1.29 is 8.42 Å². The summed E-state index contributed by atoms with van der Waals surface area (Å²) in [5.41, 5.74) is 6.04. The monoisotopic (exact) mass is 415 g/mol. The first kappa shape index (κ1) is 19.3. The van der Waals surface area contributed by atoms with Gasteiger partial charge in [-0.1, -0.05) is 72.3 Å². The highest BCUT2D eigenvalue weighted by atomic mass is 32.2. The molecule has 1 aliphatic carbocycles. The van der Waals surface area contributed by atoms with Gasteiger partial charge >= 0.3 is 0 Å². The molecular formula is C26H25NO2S. The number of fused-ring (bicyclic) bond motifs is 2. The van der Waals surface area contributed by atoms with Crippen LogP contribution in [0.25, 0.3) is 11.1 Å². The van der Waals surface area contributed by atoms with Crippen LogP contribution < -0.4 is 0 Å². The lowest BCUT2D eigenvalue weighted by Gasteiger charge is -2.38. The van der Waals surface area contributed by atoms with Gasteiger partial charge in [-0.15, -0.1) is 0 Å². The minimum atomic E-state index is -3.66. The average molecular weight is 416 g/mol. The minimum Gasteiger partial charge on any atom is -0.207 e. The van der Waals surface area contributed by atoms with E-state index in [1.54, 1.807) is 16.4 Å². The first-order valence-corrected chi connectivity index (χ1v) is 11.9. The maximum atomic E-state index is 13.9. The molecular weight excluding hydrogens is 390 g/mol. The van der Waals surface area contributed by atoms with Crippen molar-refractivity contribution in [2.45, 2.75) is 37.1 Å². The van der Waals surface area contributed by atoms with Crippen molar-refractivity contribution >= 4 is 21.2 Å². The molecule has 0 bridgehead atoms. The highest BCUT2D eigenvalue weighted by Crippen LogP contribution is 2.58. The van der Waals surface area contributed by atoms with Gasteiger partial charge in [0.2, 0.25) is 10.0 Å². The number of rotatable bonds is 3. The Labute approximate surface area is 178 Å². The Kier molecular flexibility index (Phi) is 4.46. The van der Waals surface area contributed by atoms with Crippen LogP contribution in [0, 0.1) is 6.92 Å². The average Bonchev–Trinajstić information content (AvgIpc) is 3.31. The zero-order valence-corrected chi connectivity index (χ0v) is 18.1. The van der Waals surface area contributed by atoms with Crippen LogP contribution in [0.2, 0.25) is 0 Å².